The van der Waals surface area contributed by atoms with E-state index in [-0.39, 0.29) is 6.04 Å². The molecule has 1 atom stereocenters. The van der Waals surface area contributed by atoms with Crippen LogP contribution >= 0.6 is 0 Å². The van der Waals surface area contributed by atoms with Crippen molar-refractivity contribution in [3.63, 3.8) is 0 Å². The Morgan fingerprint density at radius 1 is 1.11 bits per heavy atom. The predicted octanol–water partition coefficient (Wildman–Crippen LogP) is 3.32. The van der Waals surface area contributed by atoms with Gasteiger partial charge in [-0.15, -0.1) is 0 Å². The van der Waals surface area contributed by atoms with E-state index in [4.69, 9.17) is 4.42 Å². The normalized spacial score (nSPS) is 12.6. The minimum absolute atomic E-state index is 0.174. The van der Waals surface area contributed by atoms with Crippen LogP contribution in [0.5, 0.6) is 0 Å². The van der Waals surface area contributed by atoms with Crippen molar-refractivity contribution in [2.24, 2.45) is 0 Å². The maximum Gasteiger partial charge on any atom is 0.159 e. The molecule has 1 aromatic carbocycles. The highest BCUT2D eigenvalue weighted by Gasteiger charge is 2.12. The van der Waals surface area contributed by atoms with Crippen LogP contribution in [0.15, 0.2) is 41.2 Å². The van der Waals surface area contributed by atoms with Crippen molar-refractivity contribution in [2.45, 2.75) is 25.8 Å². The predicted molar refractivity (Wildman–Crippen MR) is 69.9 cm³/mol. The standard InChI is InChI=1S/C15H17F2NO/c1-2-18-13(8-12-5-6-19-10-12)7-11-3-4-14(16)15(17)9-11/h3-6,9-10,13,18H,2,7-8H2,1H3. The van der Waals surface area contributed by atoms with Gasteiger partial charge in [-0.25, -0.2) is 8.78 Å². The fraction of sp³-hybridized carbons (Fsp3) is 0.333. The molecule has 2 aromatic rings. The molecule has 1 N–H and O–H groups in total. The Kier molecular flexibility index (Phi) is 4.68. The monoisotopic (exact) mass is 265 g/mol. The van der Waals surface area contributed by atoms with E-state index in [0.717, 1.165) is 24.1 Å². The van der Waals surface area contributed by atoms with E-state index in [1.165, 1.54) is 12.1 Å². The van der Waals surface area contributed by atoms with E-state index in [9.17, 15) is 8.78 Å². The zero-order chi connectivity index (χ0) is 13.7. The number of hydrogen-bond acceptors (Lipinski definition) is 2. The van der Waals surface area contributed by atoms with E-state index >= 15 is 0 Å². The number of rotatable bonds is 6. The first-order chi connectivity index (χ1) is 9.19. The van der Waals surface area contributed by atoms with Crippen molar-refractivity contribution in [3.05, 3.63) is 59.6 Å². The number of likely N-dealkylation sites (N-methyl/N-ethyl adjacent to an activating group) is 1. The van der Waals surface area contributed by atoms with E-state index in [0.29, 0.717) is 6.42 Å². The summed E-state index contributed by atoms with van der Waals surface area (Å²) >= 11 is 0. The SMILES string of the molecule is CCNC(Cc1ccoc1)Cc1ccc(F)c(F)c1. The lowest BCUT2D eigenvalue weighted by molar-refractivity contribution is 0.496. The lowest BCUT2D eigenvalue weighted by atomic mass is 10.0. The fourth-order valence-corrected chi connectivity index (χ4v) is 2.15. The summed E-state index contributed by atoms with van der Waals surface area (Å²) in [5, 5.41) is 3.35. The van der Waals surface area contributed by atoms with Crippen LogP contribution in [0.25, 0.3) is 0 Å². The smallest absolute Gasteiger partial charge is 0.159 e. The van der Waals surface area contributed by atoms with Crippen LogP contribution in [0.1, 0.15) is 18.1 Å². The molecule has 0 bridgehead atoms. The molecule has 0 saturated heterocycles. The molecule has 19 heavy (non-hydrogen) atoms. The summed E-state index contributed by atoms with van der Waals surface area (Å²) in [6.45, 7) is 2.85. The van der Waals surface area contributed by atoms with Gasteiger partial charge in [0.15, 0.2) is 11.6 Å². The average molecular weight is 265 g/mol. The largest absolute Gasteiger partial charge is 0.472 e. The Bertz CT molecular complexity index is 511. The second-order valence-corrected chi connectivity index (χ2v) is 4.54. The molecule has 0 spiro atoms. The van der Waals surface area contributed by atoms with Crippen molar-refractivity contribution >= 4 is 0 Å². The van der Waals surface area contributed by atoms with Gasteiger partial charge in [-0.2, -0.15) is 0 Å². The van der Waals surface area contributed by atoms with Gasteiger partial charge in [0.2, 0.25) is 0 Å². The highest BCUT2D eigenvalue weighted by Crippen LogP contribution is 2.13. The first-order valence-electron chi connectivity index (χ1n) is 6.37. The van der Waals surface area contributed by atoms with E-state index in [1.54, 1.807) is 18.6 Å². The topological polar surface area (TPSA) is 25.2 Å². The Morgan fingerprint density at radius 3 is 2.53 bits per heavy atom. The molecule has 102 valence electrons. The molecule has 0 aliphatic rings. The van der Waals surface area contributed by atoms with Crippen molar-refractivity contribution in [1.29, 1.82) is 0 Å². The van der Waals surface area contributed by atoms with Gasteiger partial charge in [-0.05, 0) is 48.7 Å². The summed E-state index contributed by atoms with van der Waals surface area (Å²) in [7, 11) is 0. The van der Waals surface area contributed by atoms with E-state index < -0.39 is 11.6 Å². The summed E-state index contributed by atoms with van der Waals surface area (Å²) in [5.41, 5.74) is 1.88. The number of hydrogen-bond donors (Lipinski definition) is 1. The molecule has 0 radical (unpaired) electrons. The van der Waals surface area contributed by atoms with Crippen molar-refractivity contribution in [2.75, 3.05) is 6.54 Å². The molecule has 2 nitrogen and oxygen atoms in total. The maximum atomic E-state index is 13.2. The molecule has 0 aliphatic carbocycles. The summed E-state index contributed by atoms with van der Waals surface area (Å²) in [6, 6.07) is 6.14. The van der Waals surface area contributed by atoms with Crippen LogP contribution in [-0.2, 0) is 12.8 Å². The molecule has 0 aliphatic heterocycles. The van der Waals surface area contributed by atoms with Gasteiger partial charge in [0, 0.05) is 6.04 Å². The Morgan fingerprint density at radius 2 is 1.89 bits per heavy atom. The summed E-state index contributed by atoms with van der Waals surface area (Å²) in [6.07, 6.45) is 4.78. The number of halogens is 2. The van der Waals surface area contributed by atoms with E-state index in [1.807, 2.05) is 13.0 Å². The zero-order valence-corrected chi connectivity index (χ0v) is 10.8. The molecule has 2 rings (SSSR count). The maximum absolute atomic E-state index is 13.2. The lowest BCUT2D eigenvalue weighted by Crippen LogP contribution is -2.33. The summed E-state index contributed by atoms with van der Waals surface area (Å²) in [5.74, 6) is -1.60. The molecule has 0 amide bonds. The van der Waals surface area contributed by atoms with Crippen LogP contribution < -0.4 is 5.32 Å². The molecular formula is C15H17F2NO. The van der Waals surface area contributed by atoms with Crippen molar-refractivity contribution < 1.29 is 13.2 Å². The van der Waals surface area contributed by atoms with Crippen molar-refractivity contribution in [3.8, 4) is 0 Å². The van der Waals surface area contributed by atoms with Gasteiger partial charge in [-0.1, -0.05) is 13.0 Å². The third kappa shape index (κ3) is 3.89. The van der Waals surface area contributed by atoms with Crippen LogP contribution in [-0.4, -0.2) is 12.6 Å². The van der Waals surface area contributed by atoms with Gasteiger partial charge in [-0.3, -0.25) is 0 Å². The van der Waals surface area contributed by atoms with E-state index in [2.05, 4.69) is 5.32 Å². The minimum Gasteiger partial charge on any atom is -0.472 e. The molecule has 0 fully saturated rings. The van der Waals surface area contributed by atoms with Gasteiger partial charge in [0.1, 0.15) is 0 Å². The fourth-order valence-electron chi connectivity index (χ4n) is 2.15. The Balaban J connectivity index is 2.05. The number of benzene rings is 1. The molecular weight excluding hydrogens is 248 g/mol. The number of nitrogens with one attached hydrogen (secondary N) is 1. The minimum atomic E-state index is -0.807. The molecule has 1 aromatic heterocycles. The van der Waals surface area contributed by atoms with Gasteiger partial charge < -0.3 is 9.73 Å². The molecule has 1 heterocycles. The second-order valence-electron chi connectivity index (χ2n) is 4.54. The van der Waals surface area contributed by atoms with Crippen LogP contribution in [0.2, 0.25) is 0 Å². The quantitative estimate of drug-likeness (QED) is 0.866. The van der Waals surface area contributed by atoms with Crippen LogP contribution in [0, 0.1) is 11.6 Å². The Labute approximate surface area is 111 Å². The third-order valence-corrected chi connectivity index (χ3v) is 3.02. The zero-order valence-electron chi connectivity index (χ0n) is 10.8. The summed E-state index contributed by atoms with van der Waals surface area (Å²) < 4.78 is 31.1. The second kappa shape index (κ2) is 6.48. The molecule has 1 unspecified atom stereocenters. The average Bonchev–Trinajstić information content (AvgIpc) is 2.87. The first-order valence-corrected chi connectivity index (χ1v) is 6.37. The first kappa shape index (κ1) is 13.7. The molecule has 4 heteroatoms. The Hall–Kier alpha value is -1.68. The highest BCUT2D eigenvalue weighted by molar-refractivity contribution is 5.20. The summed E-state index contributed by atoms with van der Waals surface area (Å²) in [4.78, 5) is 0. The van der Waals surface area contributed by atoms with Crippen LogP contribution in [0.3, 0.4) is 0 Å². The van der Waals surface area contributed by atoms with Gasteiger partial charge in [0.05, 0.1) is 12.5 Å². The van der Waals surface area contributed by atoms with Gasteiger partial charge in [0.25, 0.3) is 0 Å². The third-order valence-electron chi connectivity index (χ3n) is 3.02. The lowest BCUT2D eigenvalue weighted by Gasteiger charge is -2.17. The van der Waals surface area contributed by atoms with Crippen molar-refractivity contribution in [1.82, 2.24) is 5.32 Å². The highest BCUT2D eigenvalue weighted by atomic mass is 19.2. The van der Waals surface area contributed by atoms with Crippen LogP contribution in [0.4, 0.5) is 8.78 Å². The molecule has 0 saturated carbocycles. The van der Waals surface area contributed by atoms with Gasteiger partial charge >= 0.3 is 0 Å². The number of furan rings is 1.